The van der Waals surface area contributed by atoms with Crippen LogP contribution in [0.5, 0.6) is 11.5 Å². The fourth-order valence-corrected chi connectivity index (χ4v) is 7.18. The summed E-state index contributed by atoms with van der Waals surface area (Å²) in [6.07, 6.45) is 2.28. The van der Waals surface area contributed by atoms with Gasteiger partial charge in [-0.05, 0) is 104 Å². The lowest BCUT2D eigenvalue weighted by atomic mass is 9.76. The third kappa shape index (κ3) is 8.77. The van der Waals surface area contributed by atoms with Gasteiger partial charge in [-0.1, -0.05) is 69.0 Å². The first-order chi connectivity index (χ1) is 21.9. The summed E-state index contributed by atoms with van der Waals surface area (Å²) >= 11 is 0. The predicted molar refractivity (Wildman–Crippen MR) is 164 cm³/mol. The van der Waals surface area contributed by atoms with Gasteiger partial charge in [-0.2, -0.15) is 8.78 Å². The third-order valence-electron chi connectivity index (χ3n) is 9.81. The van der Waals surface area contributed by atoms with Crippen LogP contribution >= 0.6 is 0 Å². The van der Waals surface area contributed by atoms with Gasteiger partial charge < -0.3 is 9.47 Å². The normalized spacial score (nSPS) is 22.4. The number of benzene rings is 3. The largest absolute Gasteiger partial charge is 0.573 e. The van der Waals surface area contributed by atoms with Gasteiger partial charge in [0, 0.05) is 11.6 Å². The van der Waals surface area contributed by atoms with Crippen LogP contribution in [0.1, 0.15) is 107 Å². The summed E-state index contributed by atoms with van der Waals surface area (Å²) < 4.78 is 105. The van der Waals surface area contributed by atoms with Crippen molar-refractivity contribution in [2.45, 2.75) is 108 Å². The van der Waals surface area contributed by atoms with Crippen LogP contribution in [-0.2, 0) is 0 Å². The maximum absolute atomic E-state index is 15.3. The van der Waals surface area contributed by atoms with Crippen molar-refractivity contribution in [3.63, 3.8) is 0 Å². The van der Waals surface area contributed by atoms with Gasteiger partial charge in [-0.15, -0.1) is 13.2 Å². The topological polar surface area (TPSA) is 18.5 Å². The zero-order valence-electron chi connectivity index (χ0n) is 26.0. The lowest BCUT2D eigenvalue weighted by Gasteiger charge is -2.33. The number of hydrogen-bond acceptors (Lipinski definition) is 2. The molecule has 2 aliphatic carbocycles. The van der Waals surface area contributed by atoms with Gasteiger partial charge in [0.1, 0.15) is 11.6 Å². The highest BCUT2D eigenvalue weighted by molar-refractivity contribution is 5.65. The average molecular weight is 651 g/mol. The second kappa shape index (κ2) is 14.7. The summed E-state index contributed by atoms with van der Waals surface area (Å²) in [5, 5.41) is 0. The number of halogens is 7. The molecule has 0 saturated heterocycles. The van der Waals surface area contributed by atoms with Crippen molar-refractivity contribution in [1.82, 2.24) is 0 Å². The zero-order valence-corrected chi connectivity index (χ0v) is 26.0. The van der Waals surface area contributed by atoms with E-state index in [1.165, 1.54) is 38.5 Å². The van der Waals surface area contributed by atoms with Crippen LogP contribution < -0.4 is 9.47 Å². The highest BCUT2D eigenvalue weighted by Gasteiger charge is 2.44. The van der Waals surface area contributed by atoms with E-state index in [9.17, 15) is 26.3 Å². The lowest BCUT2D eigenvalue weighted by Crippen LogP contribution is -2.37. The molecule has 9 heteroatoms. The predicted octanol–water partition coefficient (Wildman–Crippen LogP) is 12.3. The molecule has 0 atom stereocenters. The van der Waals surface area contributed by atoms with E-state index in [0.29, 0.717) is 36.5 Å². The van der Waals surface area contributed by atoms with Crippen molar-refractivity contribution in [3.8, 4) is 22.6 Å². The Hall–Kier alpha value is -3.23. The van der Waals surface area contributed by atoms with E-state index in [-0.39, 0.29) is 24.6 Å². The summed E-state index contributed by atoms with van der Waals surface area (Å²) in [7, 11) is 0. The van der Waals surface area contributed by atoms with Crippen molar-refractivity contribution >= 4 is 0 Å². The van der Waals surface area contributed by atoms with Gasteiger partial charge in [0.15, 0.2) is 11.6 Å². The summed E-state index contributed by atoms with van der Waals surface area (Å²) in [4.78, 5) is 0. The Morgan fingerprint density at radius 1 is 0.652 bits per heavy atom. The standard InChI is InChI=1S/C37H41F7O2/c1-2-3-4-5-24-6-8-27(9-7-24)29-16-20-32(33(38)22-29)28-12-10-25(11-13-28)26-14-17-30(18-15-26)36(40,41)45-31-19-21-35(34(39)23-31)46-37(42,43)44/h10-13,16,19-24,26-27,30H,2-9,14-15,17-18H2,1H3. The van der Waals surface area contributed by atoms with Crippen LogP contribution in [-0.4, -0.2) is 12.5 Å². The first-order valence-corrected chi connectivity index (χ1v) is 16.4. The maximum atomic E-state index is 15.3. The fraction of sp³-hybridized carbons (Fsp3) is 0.514. The van der Waals surface area contributed by atoms with Gasteiger partial charge in [-0.25, -0.2) is 8.78 Å². The molecule has 2 nitrogen and oxygen atoms in total. The zero-order chi connectivity index (χ0) is 32.9. The van der Waals surface area contributed by atoms with Crippen molar-refractivity contribution < 1.29 is 40.2 Å². The highest BCUT2D eigenvalue weighted by Crippen LogP contribution is 2.44. The molecule has 2 aliphatic rings. The van der Waals surface area contributed by atoms with Crippen molar-refractivity contribution in [1.29, 1.82) is 0 Å². The van der Waals surface area contributed by atoms with E-state index < -0.39 is 35.7 Å². The quantitative estimate of drug-likeness (QED) is 0.152. The van der Waals surface area contributed by atoms with E-state index in [4.69, 9.17) is 4.74 Å². The van der Waals surface area contributed by atoms with Gasteiger partial charge in [-0.3, -0.25) is 0 Å². The van der Waals surface area contributed by atoms with Crippen LogP contribution in [0.2, 0.25) is 0 Å². The fourth-order valence-electron chi connectivity index (χ4n) is 7.18. The van der Waals surface area contributed by atoms with Gasteiger partial charge in [0.2, 0.25) is 0 Å². The second-order valence-corrected chi connectivity index (χ2v) is 12.9. The van der Waals surface area contributed by atoms with E-state index in [0.717, 1.165) is 41.5 Å². The molecule has 0 aliphatic heterocycles. The third-order valence-corrected chi connectivity index (χ3v) is 9.81. The highest BCUT2D eigenvalue weighted by atomic mass is 19.4. The minimum absolute atomic E-state index is 0.0432. The molecule has 0 N–H and O–H groups in total. The van der Waals surface area contributed by atoms with Crippen molar-refractivity contribution in [2.24, 2.45) is 11.8 Å². The number of hydrogen-bond donors (Lipinski definition) is 0. The van der Waals surface area contributed by atoms with E-state index >= 15 is 4.39 Å². The first-order valence-electron chi connectivity index (χ1n) is 16.4. The minimum Gasteiger partial charge on any atom is -0.432 e. The van der Waals surface area contributed by atoms with Crippen molar-refractivity contribution in [2.75, 3.05) is 0 Å². The van der Waals surface area contributed by atoms with Gasteiger partial charge in [0.05, 0.1) is 5.92 Å². The molecule has 2 saturated carbocycles. The maximum Gasteiger partial charge on any atom is 0.573 e. The lowest BCUT2D eigenvalue weighted by molar-refractivity contribution is -0.275. The molecule has 0 radical (unpaired) electrons. The van der Waals surface area contributed by atoms with Gasteiger partial charge >= 0.3 is 12.5 Å². The molecule has 250 valence electrons. The smallest absolute Gasteiger partial charge is 0.432 e. The molecule has 0 spiro atoms. The summed E-state index contributed by atoms with van der Waals surface area (Å²) in [5.74, 6) is -3.29. The molecule has 3 aromatic rings. The molecule has 0 bridgehead atoms. The minimum atomic E-state index is -5.11. The van der Waals surface area contributed by atoms with Crippen LogP contribution in [0.3, 0.4) is 0 Å². The Morgan fingerprint density at radius 2 is 1.28 bits per heavy atom. The number of alkyl halides is 5. The molecule has 5 rings (SSSR count). The SMILES string of the molecule is CCCCCC1CCC(c2ccc(-c3ccc(C4CCC(C(F)(F)Oc5ccc(OC(F)(F)F)c(F)c5)CC4)cc3)c(F)c2)CC1. The molecular formula is C37H41F7O2. The van der Waals surface area contributed by atoms with E-state index in [1.807, 2.05) is 30.3 Å². The monoisotopic (exact) mass is 650 g/mol. The average Bonchev–Trinajstić information content (AvgIpc) is 3.02. The first kappa shape index (κ1) is 34.1. The van der Waals surface area contributed by atoms with Crippen LogP contribution in [0, 0.1) is 23.5 Å². The van der Waals surface area contributed by atoms with Crippen molar-refractivity contribution in [3.05, 3.63) is 83.4 Å². The number of ether oxygens (including phenoxy) is 2. The second-order valence-electron chi connectivity index (χ2n) is 12.9. The Balaban J connectivity index is 1.13. The van der Waals surface area contributed by atoms with Crippen LogP contribution in [0.25, 0.3) is 11.1 Å². The number of rotatable bonds is 11. The van der Waals surface area contributed by atoms with Crippen LogP contribution in [0.4, 0.5) is 30.7 Å². The molecular weight excluding hydrogens is 609 g/mol. The van der Waals surface area contributed by atoms with E-state index in [1.54, 1.807) is 6.07 Å². The molecule has 46 heavy (non-hydrogen) atoms. The molecule has 0 aromatic heterocycles. The molecule has 0 unspecified atom stereocenters. The Kier molecular flexibility index (Phi) is 10.9. The summed E-state index contributed by atoms with van der Waals surface area (Å²) in [6.45, 7) is 2.23. The Labute approximate surface area is 266 Å². The molecule has 2 fully saturated rings. The van der Waals surface area contributed by atoms with E-state index in [2.05, 4.69) is 17.7 Å². The van der Waals surface area contributed by atoms with Gasteiger partial charge in [0.25, 0.3) is 0 Å². The Morgan fingerprint density at radius 3 is 1.89 bits per heavy atom. The molecule has 0 heterocycles. The number of unbranched alkanes of at least 4 members (excludes halogenated alkanes) is 2. The summed E-state index contributed by atoms with van der Waals surface area (Å²) in [6, 6.07) is 15.1. The summed E-state index contributed by atoms with van der Waals surface area (Å²) in [5.41, 5.74) is 3.36. The van der Waals surface area contributed by atoms with Crippen LogP contribution in [0.15, 0.2) is 60.7 Å². The molecule has 0 amide bonds. The Bertz CT molecular complexity index is 1420. The molecule has 3 aromatic carbocycles.